The van der Waals surface area contributed by atoms with Crippen LogP contribution in [-0.4, -0.2) is 61.8 Å². The van der Waals surface area contributed by atoms with Gasteiger partial charge >= 0.3 is 6.09 Å². The van der Waals surface area contributed by atoms with Crippen molar-refractivity contribution in [2.45, 2.75) is 32.4 Å². The molecule has 9 nitrogen and oxygen atoms in total. The minimum atomic E-state index is -0.966. The van der Waals surface area contributed by atoms with Gasteiger partial charge in [0.15, 0.2) is 11.2 Å². The average molecular weight is 379 g/mol. The van der Waals surface area contributed by atoms with Gasteiger partial charge in [-0.1, -0.05) is 5.92 Å². The van der Waals surface area contributed by atoms with Crippen molar-refractivity contribution in [3.05, 3.63) is 15.6 Å². The molecule has 2 N–H and O–H groups in total. The molecule has 1 saturated heterocycles. The summed E-state index contributed by atoms with van der Waals surface area (Å²) in [5.74, 6) is 6.30. The van der Waals surface area contributed by atoms with Crippen LogP contribution in [0.1, 0.15) is 19.8 Å². The molecule has 0 bridgehead atoms. The molecule has 2 aromatic rings. The van der Waals surface area contributed by atoms with Gasteiger partial charge in [0, 0.05) is 20.1 Å². The summed E-state index contributed by atoms with van der Waals surface area (Å²) in [5, 5.41) is 9.22. The fraction of sp³-hybridized carbons (Fsp3) is 0.500. The number of aromatic amines is 1. The summed E-state index contributed by atoms with van der Waals surface area (Å²) in [6.07, 6.45) is 0.626. The Morgan fingerprint density at radius 3 is 2.96 bits per heavy atom. The van der Waals surface area contributed by atoms with Crippen molar-refractivity contribution in [3.8, 4) is 11.8 Å². The minimum Gasteiger partial charge on any atom is -0.465 e. The van der Waals surface area contributed by atoms with Crippen molar-refractivity contribution in [1.29, 1.82) is 0 Å². The second kappa shape index (κ2) is 7.25. The van der Waals surface area contributed by atoms with Gasteiger partial charge in [-0.2, -0.15) is 9.97 Å². The molecule has 0 aromatic carbocycles. The van der Waals surface area contributed by atoms with Crippen LogP contribution in [0.5, 0.6) is 0 Å². The van der Waals surface area contributed by atoms with E-state index in [1.54, 1.807) is 18.5 Å². The van der Waals surface area contributed by atoms with Gasteiger partial charge in [-0.3, -0.25) is 14.3 Å². The Balaban J connectivity index is 2.05. The third kappa shape index (κ3) is 3.32. The molecule has 10 heteroatoms. The molecule has 0 saturated carbocycles. The van der Waals surface area contributed by atoms with E-state index in [-0.39, 0.29) is 29.1 Å². The highest BCUT2D eigenvalue weighted by Gasteiger charge is 2.29. The normalized spacial score (nSPS) is 17.0. The number of piperidine rings is 1. The predicted octanol–water partition coefficient (Wildman–Crippen LogP) is 1.37. The van der Waals surface area contributed by atoms with Gasteiger partial charge in [-0.05, 0) is 31.4 Å². The number of rotatable bonds is 3. The van der Waals surface area contributed by atoms with Crippen LogP contribution in [-0.2, 0) is 6.54 Å². The Labute approximate surface area is 154 Å². The summed E-state index contributed by atoms with van der Waals surface area (Å²) in [7, 11) is 1.56. The van der Waals surface area contributed by atoms with Crippen molar-refractivity contribution in [2.24, 2.45) is 0 Å². The monoisotopic (exact) mass is 378 g/mol. The number of imidazole rings is 1. The number of hydrogen-bond donors (Lipinski definition) is 2. The number of hydrogen-bond acceptors (Lipinski definition) is 5. The molecule has 1 amide bonds. The maximum atomic E-state index is 12.3. The molecule has 3 rings (SSSR count). The van der Waals surface area contributed by atoms with Crippen molar-refractivity contribution in [2.75, 3.05) is 25.0 Å². The van der Waals surface area contributed by atoms with E-state index < -0.39 is 6.09 Å². The highest BCUT2D eigenvalue weighted by atomic mass is 35.5. The molecule has 0 spiro atoms. The highest BCUT2D eigenvalue weighted by molar-refractivity contribution is 6.28. The van der Waals surface area contributed by atoms with Crippen LogP contribution in [0.4, 0.5) is 10.7 Å². The molecule has 1 aliphatic rings. The third-order valence-electron chi connectivity index (χ3n) is 4.51. The number of H-pyrrole nitrogens is 1. The second-order valence-electron chi connectivity index (χ2n) is 6.09. The van der Waals surface area contributed by atoms with Crippen molar-refractivity contribution in [1.82, 2.24) is 24.4 Å². The van der Waals surface area contributed by atoms with Crippen molar-refractivity contribution in [3.63, 3.8) is 0 Å². The van der Waals surface area contributed by atoms with E-state index in [0.29, 0.717) is 24.6 Å². The highest BCUT2D eigenvalue weighted by Crippen LogP contribution is 2.24. The van der Waals surface area contributed by atoms with Gasteiger partial charge in [0.25, 0.3) is 5.56 Å². The second-order valence-corrected chi connectivity index (χ2v) is 6.45. The SMILES string of the molecule is CC#CCn1c(N2CCCC(N(C)C(=O)O)C2)nc2nc(Cl)[nH]c(=O)c21. The largest absolute Gasteiger partial charge is 0.465 e. The number of halogens is 1. The molecule has 0 aliphatic carbocycles. The molecular formula is C16H19ClN6O3. The van der Waals surface area contributed by atoms with Crippen LogP contribution < -0.4 is 10.5 Å². The maximum Gasteiger partial charge on any atom is 0.407 e. The van der Waals surface area contributed by atoms with Crippen LogP contribution in [0.15, 0.2) is 4.79 Å². The van der Waals surface area contributed by atoms with E-state index in [0.717, 1.165) is 12.8 Å². The fourth-order valence-electron chi connectivity index (χ4n) is 3.16. The predicted molar refractivity (Wildman–Crippen MR) is 97.6 cm³/mol. The Morgan fingerprint density at radius 2 is 2.27 bits per heavy atom. The number of nitrogens with one attached hydrogen (secondary N) is 1. The smallest absolute Gasteiger partial charge is 0.407 e. The van der Waals surface area contributed by atoms with E-state index in [1.807, 2.05) is 4.90 Å². The van der Waals surface area contributed by atoms with E-state index in [4.69, 9.17) is 11.6 Å². The number of amides is 1. The van der Waals surface area contributed by atoms with Gasteiger partial charge in [-0.25, -0.2) is 4.79 Å². The first-order chi connectivity index (χ1) is 12.4. The lowest BCUT2D eigenvalue weighted by molar-refractivity contribution is 0.133. The number of fused-ring (bicyclic) bond motifs is 1. The fourth-order valence-corrected chi connectivity index (χ4v) is 3.33. The molecule has 1 atom stereocenters. The third-order valence-corrected chi connectivity index (χ3v) is 4.69. The maximum absolute atomic E-state index is 12.3. The summed E-state index contributed by atoms with van der Waals surface area (Å²) in [5.41, 5.74) is 0.175. The number of likely N-dealkylation sites (N-methyl/N-ethyl adjacent to an activating group) is 1. The van der Waals surface area contributed by atoms with Crippen molar-refractivity contribution >= 4 is 34.8 Å². The Bertz CT molecular complexity index is 957. The van der Waals surface area contributed by atoms with Gasteiger partial charge in [0.2, 0.25) is 11.2 Å². The summed E-state index contributed by atoms with van der Waals surface area (Å²) in [4.78, 5) is 38.0. The van der Waals surface area contributed by atoms with E-state index in [1.165, 1.54) is 4.90 Å². The van der Waals surface area contributed by atoms with E-state index in [9.17, 15) is 14.7 Å². The minimum absolute atomic E-state index is 0.0255. The first-order valence-corrected chi connectivity index (χ1v) is 8.56. The standard InChI is InChI=1S/C16H19ClN6O3/c1-3-4-8-23-11-12(18-14(17)20-13(11)24)19-15(23)22-7-5-6-10(9-22)21(2)16(25)26/h10H,5-9H2,1-2H3,(H,25,26)(H,18,20,24). The molecule has 26 heavy (non-hydrogen) atoms. The lowest BCUT2D eigenvalue weighted by Crippen LogP contribution is -2.49. The summed E-state index contributed by atoms with van der Waals surface area (Å²) >= 11 is 5.85. The summed E-state index contributed by atoms with van der Waals surface area (Å²) < 4.78 is 1.71. The number of carboxylic acid groups (broad SMARTS) is 1. The van der Waals surface area contributed by atoms with Gasteiger partial charge in [0.05, 0.1) is 12.6 Å². The lowest BCUT2D eigenvalue weighted by Gasteiger charge is -2.37. The van der Waals surface area contributed by atoms with Crippen LogP contribution in [0.3, 0.4) is 0 Å². The molecule has 1 aliphatic heterocycles. The van der Waals surface area contributed by atoms with E-state index in [2.05, 4.69) is 26.8 Å². The zero-order valence-corrected chi connectivity index (χ0v) is 15.2. The summed E-state index contributed by atoms with van der Waals surface area (Å²) in [6, 6.07) is -0.151. The first-order valence-electron chi connectivity index (χ1n) is 8.18. The topological polar surface area (TPSA) is 107 Å². The number of aromatic nitrogens is 4. The Morgan fingerprint density at radius 1 is 1.50 bits per heavy atom. The van der Waals surface area contributed by atoms with E-state index >= 15 is 0 Å². The van der Waals surface area contributed by atoms with Gasteiger partial charge in [0.1, 0.15) is 0 Å². The average Bonchev–Trinajstić information content (AvgIpc) is 2.97. The molecule has 138 valence electrons. The Kier molecular flexibility index (Phi) is 5.04. The molecule has 1 fully saturated rings. The molecule has 1 unspecified atom stereocenters. The van der Waals surface area contributed by atoms with Gasteiger partial charge < -0.3 is 14.9 Å². The number of nitrogens with zero attached hydrogens (tertiary/aromatic N) is 5. The van der Waals surface area contributed by atoms with Crippen LogP contribution in [0, 0.1) is 11.8 Å². The van der Waals surface area contributed by atoms with Crippen LogP contribution in [0.25, 0.3) is 11.2 Å². The lowest BCUT2D eigenvalue weighted by atomic mass is 10.1. The number of carbonyl (C=O) groups is 1. The molecule has 2 aromatic heterocycles. The zero-order valence-electron chi connectivity index (χ0n) is 14.5. The zero-order chi connectivity index (χ0) is 18.8. The van der Waals surface area contributed by atoms with Gasteiger partial charge in [-0.15, -0.1) is 5.92 Å². The van der Waals surface area contributed by atoms with Crippen LogP contribution >= 0.6 is 11.6 Å². The molecule has 3 heterocycles. The quantitative estimate of drug-likeness (QED) is 0.617. The molecule has 0 radical (unpaired) electrons. The summed E-state index contributed by atoms with van der Waals surface area (Å²) in [6.45, 7) is 3.19. The number of anilines is 1. The first kappa shape index (κ1) is 18.1. The molecular weight excluding hydrogens is 360 g/mol. The Hall–Kier alpha value is -2.73. The van der Waals surface area contributed by atoms with Crippen LogP contribution in [0.2, 0.25) is 5.28 Å². The van der Waals surface area contributed by atoms with Crippen molar-refractivity contribution < 1.29 is 9.90 Å².